The largest absolute Gasteiger partial charge is 0.344 e. The minimum absolute atomic E-state index is 0.0813. The Kier molecular flexibility index (Phi) is 6.28. The number of amides is 1. The van der Waals surface area contributed by atoms with Gasteiger partial charge in [-0.25, -0.2) is 4.98 Å². The van der Waals surface area contributed by atoms with E-state index in [9.17, 15) is 9.59 Å². The van der Waals surface area contributed by atoms with Gasteiger partial charge in [0.05, 0.1) is 16.9 Å². The maximum absolute atomic E-state index is 12.8. The van der Waals surface area contributed by atoms with Gasteiger partial charge in [-0.15, -0.1) is 11.3 Å². The monoisotopic (exact) mass is 431 g/mol. The Morgan fingerprint density at radius 3 is 2.48 bits per heavy atom. The predicted octanol–water partition coefficient (Wildman–Crippen LogP) is 4.95. The number of thiophene rings is 1. The summed E-state index contributed by atoms with van der Waals surface area (Å²) in [6.45, 7) is 4.33. The molecule has 1 amide bonds. The highest BCUT2D eigenvalue weighted by molar-refractivity contribution is 7.10. The van der Waals surface area contributed by atoms with E-state index in [2.05, 4.69) is 53.4 Å². The first-order chi connectivity index (χ1) is 15.0. The lowest BCUT2D eigenvalue weighted by Gasteiger charge is -2.19. The molecule has 2 aromatic carbocycles. The Bertz CT molecular complexity index is 1230. The summed E-state index contributed by atoms with van der Waals surface area (Å²) in [7, 11) is 0. The highest BCUT2D eigenvalue weighted by Crippen LogP contribution is 2.27. The van der Waals surface area contributed by atoms with E-state index in [1.165, 1.54) is 5.56 Å². The molecule has 31 heavy (non-hydrogen) atoms. The van der Waals surface area contributed by atoms with Crippen LogP contribution in [0.25, 0.3) is 10.9 Å². The fraction of sp³-hybridized carbons (Fsp3) is 0.240. The maximum atomic E-state index is 12.8. The van der Waals surface area contributed by atoms with Crippen LogP contribution in [-0.2, 0) is 11.2 Å². The van der Waals surface area contributed by atoms with Gasteiger partial charge in [0.2, 0.25) is 5.91 Å². The molecule has 0 saturated heterocycles. The van der Waals surface area contributed by atoms with Gasteiger partial charge in [-0.05, 0) is 40.6 Å². The first kappa shape index (κ1) is 21.0. The zero-order valence-corrected chi connectivity index (χ0v) is 18.4. The first-order valence-electron chi connectivity index (χ1n) is 10.4. The number of aromatic nitrogens is 2. The van der Waals surface area contributed by atoms with Gasteiger partial charge >= 0.3 is 0 Å². The lowest BCUT2D eigenvalue weighted by molar-refractivity contribution is -0.121. The highest BCUT2D eigenvalue weighted by atomic mass is 32.1. The van der Waals surface area contributed by atoms with E-state index in [1.807, 2.05) is 35.7 Å². The zero-order valence-electron chi connectivity index (χ0n) is 17.6. The molecule has 6 heteroatoms. The summed E-state index contributed by atoms with van der Waals surface area (Å²) in [4.78, 5) is 33.4. The summed E-state index contributed by atoms with van der Waals surface area (Å²) < 4.78 is 0. The van der Waals surface area contributed by atoms with Crippen LogP contribution >= 0.6 is 11.3 Å². The van der Waals surface area contributed by atoms with Crippen LogP contribution in [0.2, 0.25) is 0 Å². The molecule has 0 radical (unpaired) electrons. The molecule has 158 valence electrons. The minimum atomic E-state index is -0.197. The molecule has 2 heterocycles. The topological polar surface area (TPSA) is 74.8 Å². The number of H-pyrrole nitrogens is 1. The Morgan fingerprint density at radius 2 is 1.77 bits per heavy atom. The standard InChI is InChI=1S/C25H25N3O2S/c1-16(2)17-9-11-18(12-10-17)24(21-8-5-15-31-21)28-23(29)14-13-22-26-20-7-4-3-6-19(20)25(30)27-22/h3-12,15-16,24H,13-14H2,1-2H3,(H,28,29)(H,26,27,30). The number of hydrogen-bond acceptors (Lipinski definition) is 4. The average molecular weight is 432 g/mol. The van der Waals surface area contributed by atoms with Gasteiger partial charge in [0.1, 0.15) is 5.82 Å². The zero-order chi connectivity index (χ0) is 21.8. The van der Waals surface area contributed by atoms with E-state index in [1.54, 1.807) is 17.4 Å². The van der Waals surface area contributed by atoms with Crippen molar-refractivity contribution in [2.75, 3.05) is 0 Å². The number of rotatable bonds is 7. The molecule has 0 spiro atoms. The smallest absolute Gasteiger partial charge is 0.258 e. The van der Waals surface area contributed by atoms with Crippen molar-refractivity contribution < 1.29 is 4.79 Å². The summed E-state index contributed by atoms with van der Waals surface area (Å²) >= 11 is 1.62. The molecule has 1 unspecified atom stereocenters. The van der Waals surface area contributed by atoms with Gasteiger partial charge in [0, 0.05) is 17.7 Å². The summed E-state index contributed by atoms with van der Waals surface area (Å²) in [5.41, 5.74) is 2.79. The third-order valence-corrected chi connectivity index (χ3v) is 6.26. The number of fused-ring (bicyclic) bond motifs is 1. The van der Waals surface area contributed by atoms with Crippen molar-refractivity contribution in [1.82, 2.24) is 15.3 Å². The molecular weight excluding hydrogens is 406 g/mol. The fourth-order valence-corrected chi connectivity index (χ4v) is 4.37. The van der Waals surface area contributed by atoms with Crippen molar-refractivity contribution in [1.29, 1.82) is 0 Å². The number of para-hydroxylation sites is 1. The van der Waals surface area contributed by atoms with Gasteiger partial charge in [0.25, 0.3) is 5.56 Å². The van der Waals surface area contributed by atoms with Gasteiger partial charge in [-0.2, -0.15) is 0 Å². The number of benzene rings is 2. The molecular formula is C25H25N3O2S. The first-order valence-corrected chi connectivity index (χ1v) is 11.3. The Hall–Kier alpha value is -3.25. The van der Waals surface area contributed by atoms with Crippen LogP contribution in [0.3, 0.4) is 0 Å². The van der Waals surface area contributed by atoms with Crippen molar-refractivity contribution in [3.05, 3.63) is 98.2 Å². The highest BCUT2D eigenvalue weighted by Gasteiger charge is 2.18. The van der Waals surface area contributed by atoms with Crippen LogP contribution in [0.15, 0.2) is 70.8 Å². The predicted molar refractivity (Wildman–Crippen MR) is 126 cm³/mol. The molecule has 0 aliphatic carbocycles. The fourth-order valence-electron chi connectivity index (χ4n) is 3.57. The number of nitrogens with one attached hydrogen (secondary N) is 2. The number of carbonyl (C=O) groups excluding carboxylic acids is 1. The molecule has 0 saturated carbocycles. The van der Waals surface area contributed by atoms with Crippen molar-refractivity contribution in [3.63, 3.8) is 0 Å². The van der Waals surface area contributed by atoms with E-state index < -0.39 is 0 Å². The summed E-state index contributed by atoms with van der Waals surface area (Å²) in [5, 5.41) is 5.73. The molecule has 0 fully saturated rings. The van der Waals surface area contributed by atoms with Crippen molar-refractivity contribution in [3.8, 4) is 0 Å². The molecule has 4 aromatic rings. The molecule has 4 rings (SSSR count). The molecule has 0 bridgehead atoms. The molecule has 2 aromatic heterocycles. The Labute approximate surface area is 185 Å². The number of hydrogen-bond donors (Lipinski definition) is 2. The number of aryl methyl sites for hydroxylation is 1. The minimum Gasteiger partial charge on any atom is -0.344 e. The van der Waals surface area contributed by atoms with Crippen LogP contribution in [0.1, 0.15) is 54.1 Å². The van der Waals surface area contributed by atoms with Crippen LogP contribution in [0, 0.1) is 0 Å². The molecule has 5 nitrogen and oxygen atoms in total. The van der Waals surface area contributed by atoms with E-state index in [0.717, 1.165) is 10.4 Å². The lowest BCUT2D eigenvalue weighted by Crippen LogP contribution is -2.29. The summed E-state index contributed by atoms with van der Waals surface area (Å²) in [5.74, 6) is 0.899. The molecule has 0 aliphatic heterocycles. The molecule has 1 atom stereocenters. The SMILES string of the molecule is CC(C)c1ccc(C(NC(=O)CCc2nc3ccccc3c(=O)[nH]2)c2cccs2)cc1. The number of nitrogens with zero attached hydrogens (tertiary/aromatic N) is 1. The normalized spacial score (nSPS) is 12.2. The average Bonchev–Trinajstić information content (AvgIpc) is 3.31. The third-order valence-electron chi connectivity index (χ3n) is 5.32. The van der Waals surface area contributed by atoms with Gasteiger partial charge in [0.15, 0.2) is 0 Å². The van der Waals surface area contributed by atoms with Gasteiger partial charge < -0.3 is 10.3 Å². The quantitative estimate of drug-likeness (QED) is 0.435. The Balaban J connectivity index is 1.49. The van der Waals surface area contributed by atoms with Crippen LogP contribution in [0.5, 0.6) is 0 Å². The summed E-state index contributed by atoms with van der Waals surface area (Å²) in [6.07, 6.45) is 0.614. The Morgan fingerprint density at radius 1 is 1.03 bits per heavy atom. The second-order valence-electron chi connectivity index (χ2n) is 7.87. The lowest BCUT2D eigenvalue weighted by atomic mass is 9.98. The summed E-state index contributed by atoms with van der Waals surface area (Å²) in [6, 6.07) is 19.5. The van der Waals surface area contributed by atoms with Crippen molar-refractivity contribution in [2.45, 2.75) is 38.6 Å². The van der Waals surface area contributed by atoms with Gasteiger partial charge in [-0.1, -0.05) is 56.3 Å². The van der Waals surface area contributed by atoms with Crippen LogP contribution < -0.4 is 10.9 Å². The van der Waals surface area contributed by atoms with Crippen LogP contribution in [0.4, 0.5) is 0 Å². The van der Waals surface area contributed by atoms with Gasteiger partial charge in [-0.3, -0.25) is 9.59 Å². The molecule has 0 aliphatic rings. The number of carbonyl (C=O) groups is 1. The van der Waals surface area contributed by atoms with E-state index in [-0.39, 0.29) is 23.9 Å². The second-order valence-corrected chi connectivity index (χ2v) is 8.85. The van der Waals surface area contributed by atoms with E-state index in [0.29, 0.717) is 29.1 Å². The van der Waals surface area contributed by atoms with Crippen LogP contribution in [-0.4, -0.2) is 15.9 Å². The van der Waals surface area contributed by atoms with E-state index in [4.69, 9.17) is 0 Å². The van der Waals surface area contributed by atoms with Crippen molar-refractivity contribution >= 4 is 28.1 Å². The third kappa shape index (κ3) is 4.91. The van der Waals surface area contributed by atoms with E-state index >= 15 is 0 Å². The molecule has 2 N–H and O–H groups in total. The maximum Gasteiger partial charge on any atom is 0.258 e. The number of aromatic amines is 1. The second kappa shape index (κ2) is 9.27. The van der Waals surface area contributed by atoms with Crippen molar-refractivity contribution in [2.24, 2.45) is 0 Å².